The van der Waals surface area contributed by atoms with Crippen LogP contribution in [0.1, 0.15) is 24.0 Å². The van der Waals surface area contributed by atoms with E-state index in [9.17, 15) is 10.1 Å². The Bertz CT molecular complexity index is 1050. The van der Waals surface area contributed by atoms with E-state index in [1.165, 1.54) is 0 Å². The molecule has 0 aliphatic carbocycles. The highest BCUT2D eigenvalue weighted by Gasteiger charge is 2.06. The van der Waals surface area contributed by atoms with E-state index >= 15 is 0 Å². The zero-order chi connectivity index (χ0) is 21.2. The number of nitrogens with zero attached hydrogens (tertiary/aromatic N) is 1. The summed E-state index contributed by atoms with van der Waals surface area (Å²) >= 11 is 6.00. The van der Waals surface area contributed by atoms with Gasteiger partial charge in [-0.25, -0.2) is 0 Å². The molecule has 0 heterocycles. The minimum Gasteiger partial charge on any atom is -0.494 e. The second-order valence-corrected chi connectivity index (χ2v) is 6.92. The second kappa shape index (κ2) is 10.8. The van der Waals surface area contributed by atoms with Crippen molar-refractivity contribution in [2.45, 2.75) is 12.8 Å². The van der Waals surface area contributed by atoms with Gasteiger partial charge in [-0.05, 0) is 60.0 Å². The van der Waals surface area contributed by atoms with Crippen LogP contribution in [0.4, 0.5) is 0 Å². The van der Waals surface area contributed by atoms with Gasteiger partial charge >= 0.3 is 5.97 Å². The fourth-order valence-electron chi connectivity index (χ4n) is 2.74. The minimum atomic E-state index is -0.313. The molecule has 3 rings (SSSR count). The summed E-state index contributed by atoms with van der Waals surface area (Å²) in [5.41, 5.74) is 2.07. The Morgan fingerprint density at radius 2 is 1.73 bits per heavy atom. The summed E-state index contributed by atoms with van der Waals surface area (Å²) in [6, 6.07) is 25.8. The van der Waals surface area contributed by atoms with Gasteiger partial charge in [0.05, 0.1) is 18.2 Å². The molecule has 0 aliphatic rings. The van der Waals surface area contributed by atoms with E-state index in [1.807, 2.05) is 36.4 Å². The molecule has 0 saturated carbocycles. The molecule has 0 aliphatic heterocycles. The van der Waals surface area contributed by atoms with Crippen LogP contribution in [0, 0.1) is 11.3 Å². The summed E-state index contributed by atoms with van der Waals surface area (Å²) in [5.74, 6) is 0.929. The van der Waals surface area contributed by atoms with E-state index in [2.05, 4.69) is 6.07 Å². The zero-order valence-corrected chi connectivity index (χ0v) is 17.0. The van der Waals surface area contributed by atoms with Gasteiger partial charge in [0, 0.05) is 11.4 Å². The molecule has 0 bridgehead atoms. The van der Waals surface area contributed by atoms with E-state index in [0.717, 1.165) is 16.9 Å². The number of allylic oxidation sites excluding steroid dienone is 1. The van der Waals surface area contributed by atoms with Crippen LogP contribution in [0.2, 0.25) is 5.02 Å². The zero-order valence-electron chi connectivity index (χ0n) is 16.3. The van der Waals surface area contributed by atoms with Crippen LogP contribution in [0.5, 0.6) is 11.5 Å². The first-order chi connectivity index (χ1) is 14.6. The molecule has 5 heteroatoms. The van der Waals surface area contributed by atoms with Crippen molar-refractivity contribution in [3.63, 3.8) is 0 Å². The first-order valence-electron chi connectivity index (χ1n) is 9.50. The van der Waals surface area contributed by atoms with Gasteiger partial charge in [0.1, 0.15) is 11.5 Å². The number of para-hydroxylation sites is 1. The molecule has 0 unspecified atom stereocenters. The second-order valence-electron chi connectivity index (χ2n) is 6.49. The van der Waals surface area contributed by atoms with Crippen molar-refractivity contribution in [1.29, 1.82) is 5.26 Å². The number of nitriles is 1. The average molecular weight is 418 g/mol. The van der Waals surface area contributed by atoms with Crippen molar-refractivity contribution in [2.75, 3.05) is 6.61 Å². The number of carbonyl (C=O) groups is 1. The summed E-state index contributed by atoms with van der Waals surface area (Å²) in [6.07, 6.45) is 2.60. The quantitative estimate of drug-likeness (QED) is 0.144. The van der Waals surface area contributed by atoms with Crippen LogP contribution in [0.3, 0.4) is 0 Å². The van der Waals surface area contributed by atoms with Crippen molar-refractivity contribution >= 4 is 29.2 Å². The van der Waals surface area contributed by atoms with Crippen LogP contribution in [-0.2, 0) is 4.79 Å². The van der Waals surface area contributed by atoms with Crippen LogP contribution in [0.25, 0.3) is 11.6 Å². The van der Waals surface area contributed by atoms with Gasteiger partial charge in [-0.2, -0.15) is 5.26 Å². The van der Waals surface area contributed by atoms with E-state index in [1.54, 1.807) is 48.5 Å². The molecule has 0 spiro atoms. The van der Waals surface area contributed by atoms with Crippen LogP contribution in [-0.4, -0.2) is 12.6 Å². The molecule has 0 amide bonds. The lowest BCUT2D eigenvalue weighted by Crippen LogP contribution is -2.09. The highest BCUT2D eigenvalue weighted by atomic mass is 35.5. The van der Waals surface area contributed by atoms with Gasteiger partial charge in [-0.3, -0.25) is 4.79 Å². The Labute approximate surface area is 180 Å². The first-order valence-corrected chi connectivity index (χ1v) is 9.88. The number of hydrogen-bond acceptors (Lipinski definition) is 4. The lowest BCUT2D eigenvalue weighted by atomic mass is 10.0. The summed E-state index contributed by atoms with van der Waals surface area (Å²) in [6.45, 7) is 0.448. The topological polar surface area (TPSA) is 59.3 Å². The standard InChI is InChI=1S/C25H20ClNO3/c26-22-7-4-6-20(17-22)21(18-27)16-19-11-13-24(14-12-19)30-25(28)10-5-15-29-23-8-2-1-3-9-23/h1-4,6-9,11-14,16-17H,5,10,15H2/b21-16-. The Morgan fingerprint density at radius 3 is 2.43 bits per heavy atom. The average Bonchev–Trinajstić information content (AvgIpc) is 2.77. The summed E-state index contributed by atoms with van der Waals surface area (Å²) < 4.78 is 10.9. The predicted molar refractivity (Wildman–Crippen MR) is 118 cm³/mol. The third-order valence-corrected chi connectivity index (χ3v) is 4.45. The van der Waals surface area contributed by atoms with Gasteiger partial charge < -0.3 is 9.47 Å². The molecule has 3 aromatic rings. The molecule has 0 radical (unpaired) electrons. The molecule has 0 saturated heterocycles. The summed E-state index contributed by atoms with van der Waals surface area (Å²) in [4.78, 5) is 12.0. The molecule has 3 aromatic carbocycles. The predicted octanol–water partition coefficient (Wildman–Crippen LogP) is 6.17. The van der Waals surface area contributed by atoms with Gasteiger partial charge in [-0.15, -0.1) is 0 Å². The van der Waals surface area contributed by atoms with Crippen molar-refractivity contribution in [3.05, 3.63) is 95.0 Å². The Kier molecular flexibility index (Phi) is 7.65. The number of carbonyl (C=O) groups excluding carboxylic acids is 1. The third-order valence-electron chi connectivity index (χ3n) is 4.22. The smallest absolute Gasteiger partial charge is 0.311 e. The third kappa shape index (κ3) is 6.51. The first kappa shape index (κ1) is 21.2. The van der Waals surface area contributed by atoms with Crippen molar-refractivity contribution in [2.24, 2.45) is 0 Å². The monoisotopic (exact) mass is 417 g/mol. The van der Waals surface area contributed by atoms with Crippen molar-refractivity contribution in [3.8, 4) is 17.6 Å². The maximum absolute atomic E-state index is 12.0. The Balaban J connectivity index is 1.51. The molecule has 150 valence electrons. The fraction of sp³-hybridized carbons (Fsp3) is 0.120. The van der Waals surface area contributed by atoms with Crippen LogP contribution < -0.4 is 9.47 Å². The van der Waals surface area contributed by atoms with Crippen molar-refractivity contribution < 1.29 is 14.3 Å². The van der Waals surface area contributed by atoms with Crippen LogP contribution in [0.15, 0.2) is 78.9 Å². The summed E-state index contributed by atoms with van der Waals surface area (Å²) in [5, 5.41) is 10.0. The summed E-state index contributed by atoms with van der Waals surface area (Å²) in [7, 11) is 0. The lowest BCUT2D eigenvalue weighted by molar-refractivity contribution is -0.134. The maximum atomic E-state index is 12.0. The highest BCUT2D eigenvalue weighted by Crippen LogP contribution is 2.22. The van der Waals surface area contributed by atoms with E-state index in [0.29, 0.717) is 29.4 Å². The number of hydrogen-bond donors (Lipinski definition) is 0. The molecular weight excluding hydrogens is 398 g/mol. The Morgan fingerprint density at radius 1 is 0.967 bits per heavy atom. The lowest BCUT2D eigenvalue weighted by Gasteiger charge is -2.07. The normalized spacial score (nSPS) is 10.9. The molecule has 0 fully saturated rings. The molecule has 0 atom stereocenters. The Hall–Kier alpha value is -3.55. The molecular formula is C25H20ClNO3. The van der Waals surface area contributed by atoms with Gasteiger partial charge in [0.25, 0.3) is 0 Å². The highest BCUT2D eigenvalue weighted by molar-refractivity contribution is 6.30. The molecule has 30 heavy (non-hydrogen) atoms. The van der Waals surface area contributed by atoms with Crippen molar-refractivity contribution in [1.82, 2.24) is 0 Å². The van der Waals surface area contributed by atoms with Gasteiger partial charge in [-0.1, -0.05) is 54.1 Å². The van der Waals surface area contributed by atoms with Gasteiger partial charge in [0.2, 0.25) is 0 Å². The van der Waals surface area contributed by atoms with Gasteiger partial charge in [0.15, 0.2) is 0 Å². The fourth-order valence-corrected chi connectivity index (χ4v) is 2.93. The molecule has 0 N–H and O–H groups in total. The minimum absolute atomic E-state index is 0.266. The maximum Gasteiger partial charge on any atom is 0.311 e. The largest absolute Gasteiger partial charge is 0.494 e. The van der Waals surface area contributed by atoms with E-state index < -0.39 is 0 Å². The molecule has 0 aromatic heterocycles. The number of rotatable bonds is 8. The number of benzene rings is 3. The number of halogens is 1. The van der Waals surface area contributed by atoms with E-state index in [4.69, 9.17) is 21.1 Å². The number of ether oxygens (including phenoxy) is 2. The van der Waals surface area contributed by atoms with Crippen LogP contribution >= 0.6 is 11.6 Å². The number of esters is 1. The van der Waals surface area contributed by atoms with E-state index in [-0.39, 0.29) is 12.4 Å². The molecule has 4 nitrogen and oxygen atoms in total. The SMILES string of the molecule is N#C/C(=C/c1ccc(OC(=O)CCCOc2ccccc2)cc1)c1cccc(Cl)c1.